The molecular weight excluding hydrogens is 476 g/mol. The first-order chi connectivity index (χ1) is 15.8. The first-order valence-electron chi connectivity index (χ1n) is 11.0. The minimum Gasteiger partial charge on any atom is -0.465 e. The summed E-state index contributed by atoms with van der Waals surface area (Å²) in [7, 11) is 1.35. The molecule has 0 saturated carbocycles. The monoisotopic (exact) mass is 506 g/mol. The molecule has 33 heavy (non-hydrogen) atoms. The van der Waals surface area contributed by atoms with Crippen molar-refractivity contribution in [3.05, 3.63) is 32.3 Å². The Morgan fingerprint density at radius 2 is 2.03 bits per heavy atom. The number of aryl methyl sites for hydroxylation is 2. The van der Waals surface area contributed by atoms with Crippen LogP contribution < -0.4 is 5.32 Å². The SMILES string of the molecule is CCCc1cc(-c2nnc(SCC(=O)Nc3sc(C)c(CC)c3C(=O)OC)n2C(C)C)cs1. The van der Waals surface area contributed by atoms with Crippen molar-refractivity contribution in [1.82, 2.24) is 14.8 Å². The third kappa shape index (κ3) is 5.67. The zero-order valence-electron chi connectivity index (χ0n) is 19.9. The highest BCUT2D eigenvalue weighted by atomic mass is 32.2. The van der Waals surface area contributed by atoms with Crippen molar-refractivity contribution in [3.63, 3.8) is 0 Å². The first-order valence-corrected chi connectivity index (χ1v) is 13.6. The maximum Gasteiger partial charge on any atom is 0.341 e. The van der Waals surface area contributed by atoms with Gasteiger partial charge in [0, 0.05) is 26.7 Å². The Balaban J connectivity index is 1.76. The molecule has 178 valence electrons. The van der Waals surface area contributed by atoms with Crippen LogP contribution in [0.4, 0.5) is 5.00 Å². The van der Waals surface area contributed by atoms with Gasteiger partial charge in [-0.2, -0.15) is 0 Å². The summed E-state index contributed by atoms with van der Waals surface area (Å²) in [5, 5.41) is 15.0. The molecular formula is C23H30N4O3S3. The molecule has 0 atom stereocenters. The van der Waals surface area contributed by atoms with Crippen LogP contribution >= 0.6 is 34.4 Å². The van der Waals surface area contributed by atoms with Gasteiger partial charge in [0.1, 0.15) is 5.00 Å². The van der Waals surface area contributed by atoms with Crippen LogP contribution in [0.3, 0.4) is 0 Å². The van der Waals surface area contributed by atoms with E-state index in [1.54, 1.807) is 11.3 Å². The van der Waals surface area contributed by atoms with E-state index in [4.69, 9.17) is 4.74 Å². The molecule has 0 fully saturated rings. The average Bonchev–Trinajstić information content (AvgIpc) is 3.48. The van der Waals surface area contributed by atoms with E-state index in [1.807, 2.05) is 13.8 Å². The van der Waals surface area contributed by atoms with E-state index in [-0.39, 0.29) is 17.7 Å². The van der Waals surface area contributed by atoms with Gasteiger partial charge in [-0.3, -0.25) is 9.36 Å². The molecule has 0 unspecified atom stereocenters. The lowest BCUT2D eigenvalue weighted by atomic mass is 10.1. The van der Waals surface area contributed by atoms with Crippen molar-refractivity contribution < 1.29 is 14.3 Å². The normalized spacial score (nSPS) is 11.2. The lowest BCUT2D eigenvalue weighted by Gasteiger charge is -2.13. The van der Waals surface area contributed by atoms with Crippen LogP contribution in [0.25, 0.3) is 11.4 Å². The fourth-order valence-corrected chi connectivity index (χ4v) is 6.60. The van der Waals surface area contributed by atoms with Crippen molar-refractivity contribution in [2.24, 2.45) is 0 Å². The Morgan fingerprint density at radius 1 is 1.27 bits per heavy atom. The second-order valence-corrected chi connectivity index (χ2v) is 11.0. The molecule has 3 aromatic rings. The number of amides is 1. The van der Waals surface area contributed by atoms with Gasteiger partial charge in [-0.1, -0.05) is 32.0 Å². The molecule has 3 aromatic heterocycles. The molecule has 0 aliphatic rings. The highest BCUT2D eigenvalue weighted by Gasteiger charge is 2.24. The summed E-state index contributed by atoms with van der Waals surface area (Å²) in [6.07, 6.45) is 2.85. The Hall–Kier alpha value is -2.17. The molecule has 0 aliphatic carbocycles. The van der Waals surface area contributed by atoms with Crippen LogP contribution in [0.15, 0.2) is 16.6 Å². The van der Waals surface area contributed by atoms with E-state index in [1.165, 1.54) is 35.1 Å². The number of nitrogens with zero attached hydrogens (tertiary/aromatic N) is 3. The number of hydrogen-bond donors (Lipinski definition) is 1. The summed E-state index contributed by atoms with van der Waals surface area (Å²) >= 11 is 4.48. The molecule has 7 nitrogen and oxygen atoms in total. The zero-order valence-corrected chi connectivity index (χ0v) is 22.3. The number of thiophene rings is 2. The number of rotatable bonds is 10. The molecule has 0 spiro atoms. The van der Waals surface area contributed by atoms with Gasteiger partial charge in [0.05, 0.1) is 18.4 Å². The number of carbonyl (C=O) groups excluding carboxylic acids is 2. The van der Waals surface area contributed by atoms with Gasteiger partial charge in [0.15, 0.2) is 11.0 Å². The summed E-state index contributed by atoms with van der Waals surface area (Å²) < 4.78 is 7.01. The third-order valence-corrected chi connectivity index (χ3v) is 8.13. The molecule has 1 amide bonds. The lowest BCUT2D eigenvalue weighted by molar-refractivity contribution is -0.113. The van der Waals surface area contributed by atoms with Gasteiger partial charge in [-0.25, -0.2) is 4.79 Å². The van der Waals surface area contributed by atoms with Crippen molar-refractivity contribution in [2.45, 2.75) is 65.1 Å². The number of esters is 1. The van der Waals surface area contributed by atoms with Gasteiger partial charge in [-0.15, -0.1) is 32.9 Å². The van der Waals surface area contributed by atoms with E-state index in [9.17, 15) is 9.59 Å². The minimum atomic E-state index is -0.429. The number of hydrogen-bond acceptors (Lipinski definition) is 8. The molecule has 3 heterocycles. The maximum atomic E-state index is 12.8. The number of carbonyl (C=O) groups is 2. The van der Waals surface area contributed by atoms with Crippen LogP contribution in [0.1, 0.15) is 65.8 Å². The molecule has 0 radical (unpaired) electrons. The quantitative estimate of drug-likeness (QED) is 0.268. The topological polar surface area (TPSA) is 86.1 Å². The number of methoxy groups -OCH3 is 1. The number of ether oxygens (including phenoxy) is 1. The summed E-state index contributed by atoms with van der Waals surface area (Å²) in [5.74, 6) is 0.353. The largest absolute Gasteiger partial charge is 0.465 e. The van der Waals surface area contributed by atoms with Crippen molar-refractivity contribution in [1.29, 1.82) is 0 Å². The molecule has 0 saturated heterocycles. The Morgan fingerprint density at radius 3 is 2.67 bits per heavy atom. The Kier molecular flexibility index (Phi) is 8.72. The molecule has 0 aliphatic heterocycles. The van der Waals surface area contributed by atoms with Crippen LogP contribution in [0.2, 0.25) is 0 Å². The zero-order chi connectivity index (χ0) is 24.1. The average molecular weight is 507 g/mol. The van der Waals surface area contributed by atoms with Crippen LogP contribution in [0.5, 0.6) is 0 Å². The second-order valence-electron chi connectivity index (χ2n) is 7.84. The molecule has 10 heteroatoms. The standard InChI is InChI=1S/C23H30N4O3S3/c1-7-9-16-10-15(11-31-16)20-25-26-23(27(20)13(3)4)32-12-18(28)24-21-19(22(29)30-6)17(8-2)14(5)33-21/h10-11,13H,7-9,12H2,1-6H3,(H,24,28). The summed E-state index contributed by atoms with van der Waals surface area (Å²) in [6.45, 7) is 10.3. The van der Waals surface area contributed by atoms with E-state index in [2.05, 4.69) is 52.3 Å². The Labute approximate surface area is 207 Å². The number of thioether (sulfide) groups is 1. The van der Waals surface area contributed by atoms with E-state index in [0.717, 1.165) is 34.7 Å². The predicted molar refractivity (Wildman–Crippen MR) is 137 cm³/mol. The Bertz CT molecular complexity index is 1130. The van der Waals surface area contributed by atoms with Gasteiger partial charge in [0.2, 0.25) is 5.91 Å². The first kappa shape index (κ1) is 25.5. The predicted octanol–water partition coefficient (Wildman–Crippen LogP) is 5.99. The summed E-state index contributed by atoms with van der Waals surface area (Å²) in [4.78, 5) is 27.4. The molecule has 3 rings (SSSR count). The van der Waals surface area contributed by atoms with E-state index in [0.29, 0.717) is 22.1 Å². The fraction of sp³-hybridized carbons (Fsp3) is 0.478. The minimum absolute atomic E-state index is 0.146. The number of anilines is 1. The van der Waals surface area contributed by atoms with Crippen LogP contribution in [0, 0.1) is 6.92 Å². The third-order valence-electron chi connectivity index (χ3n) is 5.13. The van der Waals surface area contributed by atoms with Crippen LogP contribution in [-0.2, 0) is 22.4 Å². The van der Waals surface area contributed by atoms with Crippen molar-refractivity contribution in [2.75, 3.05) is 18.2 Å². The van der Waals surface area contributed by atoms with Crippen molar-refractivity contribution >= 4 is 51.3 Å². The van der Waals surface area contributed by atoms with Gasteiger partial charge < -0.3 is 10.1 Å². The lowest BCUT2D eigenvalue weighted by Crippen LogP contribution is -2.17. The van der Waals surface area contributed by atoms with Gasteiger partial charge in [-0.05, 0) is 45.2 Å². The van der Waals surface area contributed by atoms with E-state index >= 15 is 0 Å². The molecule has 0 bridgehead atoms. The maximum absolute atomic E-state index is 12.8. The van der Waals surface area contributed by atoms with Crippen molar-refractivity contribution in [3.8, 4) is 11.4 Å². The smallest absolute Gasteiger partial charge is 0.341 e. The highest BCUT2D eigenvalue weighted by molar-refractivity contribution is 7.99. The summed E-state index contributed by atoms with van der Waals surface area (Å²) in [5.41, 5.74) is 2.43. The number of nitrogens with one attached hydrogen (secondary N) is 1. The second kappa shape index (κ2) is 11.3. The highest BCUT2D eigenvalue weighted by Crippen LogP contribution is 2.35. The van der Waals surface area contributed by atoms with Gasteiger partial charge >= 0.3 is 5.97 Å². The van der Waals surface area contributed by atoms with E-state index < -0.39 is 5.97 Å². The fourth-order valence-electron chi connectivity index (χ4n) is 3.62. The summed E-state index contributed by atoms with van der Waals surface area (Å²) in [6, 6.07) is 2.32. The molecule has 1 N–H and O–H groups in total. The molecule has 0 aromatic carbocycles. The van der Waals surface area contributed by atoms with Gasteiger partial charge in [0.25, 0.3) is 0 Å². The van der Waals surface area contributed by atoms with Crippen LogP contribution in [-0.4, -0.2) is 39.5 Å². The number of aromatic nitrogens is 3.